The first-order valence-electron chi connectivity index (χ1n) is 9.85. The summed E-state index contributed by atoms with van der Waals surface area (Å²) < 4.78 is 16.5. The molecule has 2 heterocycles. The Balaban J connectivity index is 1.77. The van der Waals surface area contributed by atoms with Gasteiger partial charge < -0.3 is 24.8 Å². The van der Waals surface area contributed by atoms with Gasteiger partial charge in [0.05, 0.1) is 25.9 Å². The van der Waals surface area contributed by atoms with E-state index >= 15 is 0 Å². The lowest BCUT2D eigenvalue weighted by Crippen LogP contribution is -2.51. The number of nitrogens with two attached hydrogens (primary N) is 1. The summed E-state index contributed by atoms with van der Waals surface area (Å²) >= 11 is 0. The monoisotopic (exact) mass is 377 g/mol. The Hall–Kier alpha value is -1.83. The predicted octanol–water partition coefficient (Wildman–Crippen LogP) is 1.36. The maximum Gasteiger partial charge on any atom is 0.257 e. The third kappa shape index (κ3) is 5.12. The summed E-state index contributed by atoms with van der Waals surface area (Å²) in [6.07, 6.45) is 3.25. The number of rotatable bonds is 7. The second kappa shape index (κ2) is 9.92. The fraction of sp³-hybridized carbons (Fsp3) is 0.650. The normalized spacial score (nSPS) is 21.1. The van der Waals surface area contributed by atoms with Gasteiger partial charge in [-0.05, 0) is 31.4 Å². The van der Waals surface area contributed by atoms with E-state index in [1.165, 1.54) is 0 Å². The second-order valence-electron chi connectivity index (χ2n) is 7.06. The van der Waals surface area contributed by atoms with Crippen LogP contribution in [0.4, 0.5) is 0 Å². The molecule has 7 heteroatoms. The summed E-state index contributed by atoms with van der Waals surface area (Å²) in [6, 6.07) is 5.61. The van der Waals surface area contributed by atoms with Crippen molar-refractivity contribution >= 4 is 5.91 Å². The van der Waals surface area contributed by atoms with Crippen molar-refractivity contribution < 1.29 is 19.0 Å². The third-order valence-electron chi connectivity index (χ3n) is 5.26. The van der Waals surface area contributed by atoms with Gasteiger partial charge in [0.1, 0.15) is 18.1 Å². The van der Waals surface area contributed by atoms with Crippen LogP contribution in [0.25, 0.3) is 0 Å². The standard InChI is InChI=1S/C20H31N3O4/c1-25-17-5-6-18(19(14-17)27-11-7-21)20(24)23-8-3-2-4-16(23)15-22-9-12-26-13-10-22/h5-6,14,16H,2-4,7-13,15,21H2,1H3/t16-/m0/s1. The summed E-state index contributed by atoms with van der Waals surface area (Å²) in [6.45, 7) is 5.88. The number of carbonyl (C=O) groups excluding carboxylic acids is 1. The number of ether oxygens (including phenoxy) is 3. The van der Waals surface area contributed by atoms with Crippen molar-refractivity contribution in [3.63, 3.8) is 0 Å². The molecule has 1 aromatic rings. The number of piperidine rings is 1. The topological polar surface area (TPSA) is 77.3 Å². The average molecular weight is 377 g/mol. The smallest absolute Gasteiger partial charge is 0.257 e. The van der Waals surface area contributed by atoms with Gasteiger partial charge in [-0.2, -0.15) is 0 Å². The zero-order valence-corrected chi connectivity index (χ0v) is 16.2. The van der Waals surface area contributed by atoms with E-state index in [4.69, 9.17) is 19.9 Å². The van der Waals surface area contributed by atoms with Crippen molar-refractivity contribution in [3.8, 4) is 11.5 Å². The minimum atomic E-state index is 0.0302. The van der Waals surface area contributed by atoms with Gasteiger partial charge in [-0.25, -0.2) is 0 Å². The molecule has 2 saturated heterocycles. The van der Waals surface area contributed by atoms with Gasteiger partial charge in [0.15, 0.2) is 0 Å². The molecule has 2 N–H and O–H groups in total. The minimum absolute atomic E-state index is 0.0302. The van der Waals surface area contributed by atoms with E-state index < -0.39 is 0 Å². The van der Waals surface area contributed by atoms with E-state index in [0.29, 0.717) is 30.2 Å². The Kier molecular flexibility index (Phi) is 7.32. The minimum Gasteiger partial charge on any atom is -0.497 e. The number of hydrogen-bond donors (Lipinski definition) is 1. The lowest BCUT2D eigenvalue weighted by Gasteiger charge is -2.39. The number of amides is 1. The molecule has 0 aliphatic carbocycles. The molecule has 27 heavy (non-hydrogen) atoms. The first-order chi connectivity index (χ1) is 13.2. The Labute approximate surface area is 161 Å². The molecule has 0 radical (unpaired) electrons. The quantitative estimate of drug-likeness (QED) is 0.773. The van der Waals surface area contributed by atoms with Gasteiger partial charge >= 0.3 is 0 Å². The number of likely N-dealkylation sites (tertiary alicyclic amines) is 1. The predicted molar refractivity (Wildman–Crippen MR) is 103 cm³/mol. The fourth-order valence-corrected chi connectivity index (χ4v) is 3.79. The lowest BCUT2D eigenvalue weighted by molar-refractivity contribution is 0.0165. The second-order valence-corrected chi connectivity index (χ2v) is 7.06. The molecule has 150 valence electrons. The summed E-state index contributed by atoms with van der Waals surface area (Å²) in [5.74, 6) is 1.24. The Bertz CT molecular complexity index is 619. The van der Waals surface area contributed by atoms with Gasteiger partial charge in [-0.15, -0.1) is 0 Å². The van der Waals surface area contributed by atoms with Crippen molar-refractivity contribution in [2.45, 2.75) is 25.3 Å². The molecule has 2 aliphatic heterocycles. The largest absolute Gasteiger partial charge is 0.497 e. The van der Waals surface area contributed by atoms with E-state index in [-0.39, 0.29) is 11.9 Å². The van der Waals surface area contributed by atoms with Crippen LogP contribution in [-0.2, 0) is 4.74 Å². The van der Waals surface area contributed by atoms with E-state index in [2.05, 4.69) is 4.90 Å². The molecule has 3 rings (SSSR count). The molecule has 1 aromatic carbocycles. The van der Waals surface area contributed by atoms with Crippen molar-refractivity contribution in [3.05, 3.63) is 23.8 Å². The number of carbonyl (C=O) groups is 1. The highest BCUT2D eigenvalue weighted by molar-refractivity contribution is 5.97. The number of morpholine rings is 1. The molecule has 0 spiro atoms. The highest BCUT2D eigenvalue weighted by Crippen LogP contribution is 2.29. The van der Waals surface area contributed by atoms with Crippen molar-refractivity contribution in [2.24, 2.45) is 5.73 Å². The summed E-state index contributed by atoms with van der Waals surface area (Å²) in [5.41, 5.74) is 6.16. The van der Waals surface area contributed by atoms with Gasteiger partial charge in [0, 0.05) is 44.8 Å². The van der Waals surface area contributed by atoms with E-state index in [9.17, 15) is 4.79 Å². The van der Waals surface area contributed by atoms with Crippen LogP contribution >= 0.6 is 0 Å². The maximum atomic E-state index is 13.4. The molecule has 2 aliphatic rings. The lowest BCUT2D eigenvalue weighted by atomic mass is 9.99. The Morgan fingerprint density at radius 3 is 2.81 bits per heavy atom. The summed E-state index contributed by atoms with van der Waals surface area (Å²) in [5, 5.41) is 0. The average Bonchev–Trinajstić information content (AvgIpc) is 2.72. The number of hydrogen-bond acceptors (Lipinski definition) is 6. The molecule has 1 amide bonds. The molecule has 0 aromatic heterocycles. The van der Waals surface area contributed by atoms with Gasteiger partial charge in [0.2, 0.25) is 0 Å². The molecular formula is C20H31N3O4. The van der Waals surface area contributed by atoms with Crippen LogP contribution in [0.1, 0.15) is 29.6 Å². The van der Waals surface area contributed by atoms with Gasteiger partial charge in [-0.3, -0.25) is 9.69 Å². The Morgan fingerprint density at radius 2 is 2.07 bits per heavy atom. The van der Waals surface area contributed by atoms with E-state index in [1.54, 1.807) is 19.2 Å². The van der Waals surface area contributed by atoms with E-state index in [1.807, 2.05) is 11.0 Å². The Morgan fingerprint density at radius 1 is 1.26 bits per heavy atom. The zero-order valence-electron chi connectivity index (χ0n) is 16.2. The van der Waals surface area contributed by atoms with Crippen LogP contribution in [0.15, 0.2) is 18.2 Å². The molecule has 0 saturated carbocycles. The first-order valence-corrected chi connectivity index (χ1v) is 9.85. The van der Waals surface area contributed by atoms with Crippen molar-refractivity contribution in [1.29, 1.82) is 0 Å². The fourth-order valence-electron chi connectivity index (χ4n) is 3.79. The highest BCUT2D eigenvalue weighted by atomic mass is 16.5. The van der Waals surface area contributed by atoms with Crippen molar-refractivity contribution in [2.75, 3.05) is 59.7 Å². The maximum absolute atomic E-state index is 13.4. The van der Waals surface area contributed by atoms with Gasteiger partial charge in [-0.1, -0.05) is 0 Å². The van der Waals surface area contributed by atoms with E-state index in [0.717, 1.165) is 58.7 Å². The zero-order chi connectivity index (χ0) is 19.1. The molecule has 1 atom stereocenters. The number of methoxy groups -OCH3 is 1. The van der Waals surface area contributed by atoms with Crippen LogP contribution in [0.3, 0.4) is 0 Å². The molecule has 0 unspecified atom stereocenters. The van der Waals surface area contributed by atoms with Crippen LogP contribution in [0.2, 0.25) is 0 Å². The van der Waals surface area contributed by atoms with Crippen molar-refractivity contribution in [1.82, 2.24) is 9.80 Å². The van der Waals surface area contributed by atoms with Crippen LogP contribution in [0, 0.1) is 0 Å². The molecule has 7 nitrogen and oxygen atoms in total. The number of nitrogens with zero attached hydrogens (tertiary/aromatic N) is 2. The van der Waals surface area contributed by atoms with Crippen LogP contribution in [-0.4, -0.2) is 81.4 Å². The number of benzene rings is 1. The molecular weight excluding hydrogens is 346 g/mol. The summed E-state index contributed by atoms with van der Waals surface area (Å²) in [7, 11) is 1.60. The highest BCUT2D eigenvalue weighted by Gasteiger charge is 2.31. The van der Waals surface area contributed by atoms with Gasteiger partial charge in [0.25, 0.3) is 5.91 Å². The molecule has 0 bridgehead atoms. The molecule has 2 fully saturated rings. The summed E-state index contributed by atoms with van der Waals surface area (Å²) in [4.78, 5) is 17.8. The SMILES string of the molecule is COc1ccc(C(=O)N2CCCC[C@H]2CN2CCOCC2)c(OCCN)c1. The van der Waals surface area contributed by atoms with Crippen LogP contribution in [0.5, 0.6) is 11.5 Å². The van der Waals surface area contributed by atoms with Crippen LogP contribution < -0.4 is 15.2 Å². The third-order valence-corrected chi connectivity index (χ3v) is 5.26. The first kappa shape index (κ1) is 19.9.